The van der Waals surface area contributed by atoms with E-state index in [-0.39, 0.29) is 23.8 Å². The molecule has 1 aliphatic carbocycles. The van der Waals surface area contributed by atoms with E-state index in [0.717, 1.165) is 12.8 Å². The van der Waals surface area contributed by atoms with Gasteiger partial charge in [-0.1, -0.05) is 0 Å². The van der Waals surface area contributed by atoms with Gasteiger partial charge in [-0.2, -0.15) is 0 Å². The molecule has 1 fully saturated rings. The third-order valence-corrected chi connectivity index (χ3v) is 3.74. The van der Waals surface area contributed by atoms with Crippen molar-refractivity contribution < 1.29 is 13.2 Å². The minimum atomic E-state index is -3.16. The largest absolute Gasteiger partial charge is 0.384 e. The summed E-state index contributed by atoms with van der Waals surface area (Å²) in [5.41, 5.74) is 0. The maximum atomic E-state index is 11.3. The molecule has 0 unspecified atom stereocenters. The number of halogens is 1. The third kappa shape index (κ3) is 3.81. The van der Waals surface area contributed by atoms with Crippen LogP contribution in [0.25, 0.3) is 0 Å². The van der Waals surface area contributed by atoms with Crippen molar-refractivity contribution in [1.82, 2.24) is 4.72 Å². The van der Waals surface area contributed by atoms with Gasteiger partial charge in [-0.25, -0.2) is 13.1 Å². The van der Waals surface area contributed by atoms with Crippen LogP contribution in [0.5, 0.6) is 0 Å². The second-order valence-electron chi connectivity index (χ2n) is 3.20. The summed E-state index contributed by atoms with van der Waals surface area (Å²) in [6, 6.07) is 0.0318. The number of rotatable bonds is 5. The lowest BCUT2D eigenvalue weighted by Gasteiger charge is -2.31. The molecule has 0 radical (unpaired) electrons. The van der Waals surface area contributed by atoms with E-state index in [1.807, 2.05) is 0 Å². The van der Waals surface area contributed by atoms with Crippen molar-refractivity contribution in [3.05, 3.63) is 0 Å². The monoisotopic (exact) mass is 227 g/mol. The third-order valence-electron chi connectivity index (χ3n) is 1.98. The quantitative estimate of drug-likeness (QED) is 0.689. The predicted molar refractivity (Wildman–Crippen MR) is 51.5 cm³/mol. The molecule has 0 aromatic heterocycles. The Morgan fingerprint density at radius 3 is 2.62 bits per heavy atom. The van der Waals surface area contributed by atoms with Gasteiger partial charge in [0.1, 0.15) is 0 Å². The Morgan fingerprint density at radius 2 is 2.15 bits per heavy atom. The molecule has 0 atom stereocenters. The zero-order valence-electron chi connectivity index (χ0n) is 7.49. The number of ether oxygens (including phenoxy) is 1. The molecular weight excluding hydrogens is 214 g/mol. The van der Waals surface area contributed by atoms with Crippen molar-refractivity contribution in [3.63, 3.8) is 0 Å². The molecule has 1 saturated carbocycles. The van der Waals surface area contributed by atoms with E-state index in [1.165, 1.54) is 7.11 Å². The molecule has 0 saturated heterocycles. The van der Waals surface area contributed by atoms with Crippen molar-refractivity contribution in [1.29, 1.82) is 0 Å². The molecule has 0 aromatic carbocycles. The number of alkyl halides is 1. The molecule has 1 aliphatic rings. The van der Waals surface area contributed by atoms with Crippen LogP contribution in [0.4, 0.5) is 0 Å². The van der Waals surface area contributed by atoms with Crippen LogP contribution in [0.1, 0.15) is 12.8 Å². The lowest BCUT2D eigenvalue weighted by Crippen LogP contribution is -2.46. The first-order chi connectivity index (χ1) is 6.03. The summed E-state index contributed by atoms with van der Waals surface area (Å²) in [7, 11) is -1.68. The maximum absolute atomic E-state index is 11.3. The van der Waals surface area contributed by atoms with Crippen molar-refractivity contribution in [2.75, 3.05) is 19.5 Å². The Kier molecular flexibility index (Phi) is 3.97. The molecule has 0 aliphatic heterocycles. The zero-order valence-corrected chi connectivity index (χ0v) is 9.07. The molecule has 0 amide bonds. The first-order valence-corrected chi connectivity index (χ1v) is 6.25. The van der Waals surface area contributed by atoms with Crippen LogP contribution in [-0.4, -0.2) is 39.3 Å². The molecule has 1 rings (SSSR count). The van der Waals surface area contributed by atoms with Crippen LogP contribution in [0.2, 0.25) is 0 Å². The summed E-state index contributed by atoms with van der Waals surface area (Å²) in [4.78, 5) is 0. The summed E-state index contributed by atoms with van der Waals surface area (Å²) in [5, 5.41) is 0.134. The van der Waals surface area contributed by atoms with Crippen molar-refractivity contribution in [2.24, 2.45) is 0 Å². The molecule has 0 aromatic rings. The minimum absolute atomic E-state index is 0.0208. The molecule has 0 heterocycles. The van der Waals surface area contributed by atoms with Crippen LogP contribution in [-0.2, 0) is 14.8 Å². The van der Waals surface area contributed by atoms with Crippen LogP contribution in [0.3, 0.4) is 0 Å². The lowest BCUT2D eigenvalue weighted by atomic mass is 9.94. The summed E-state index contributed by atoms with van der Waals surface area (Å²) in [5.74, 6) is 0.0208. The van der Waals surface area contributed by atoms with Crippen LogP contribution >= 0.6 is 11.6 Å². The first-order valence-electron chi connectivity index (χ1n) is 4.16. The highest BCUT2D eigenvalue weighted by molar-refractivity contribution is 7.89. The summed E-state index contributed by atoms with van der Waals surface area (Å²) in [6.45, 7) is 0.229. The Bertz CT molecular complexity index is 248. The molecule has 13 heavy (non-hydrogen) atoms. The Labute approximate surface area is 83.7 Å². The van der Waals surface area contributed by atoms with Gasteiger partial charge in [0.15, 0.2) is 0 Å². The van der Waals surface area contributed by atoms with E-state index in [4.69, 9.17) is 11.6 Å². The highest BCUT2D eigenvalue weighted by atomic mass is 35.5. The molecular formula is C7H14ClNO3S. The normalized spacial score (nSPS) is 28.5. The highest BCUT2D eigenvalue weighted by Gasteiger charge is 2.30. The SMILES string of the molecule is COCCS(=O)(=O)NC1CC(Cl)C1. The average molecular weight is 228 g/mol. The van der Waals surface area contributed by atoms with Gasteiger partial charge in [-0.3, -0.25) is 0 Å². The molecule has 0 spiro atoms. The van der Waals surface area contributed by atoms with Crippen molar-refractivity contribution in [3.8, 4) is 0 Å². The average Bonchev–Trinajstić information content (AvgIpc) is 1.98. The number of nitrogens with one attached hydrogen (secondary N) is 1. The second-order valence-corrected chi connectivity index (χ2v) is 5.69. The molecule has 6 heteroatoms. The number of sulfonamides is 1. The van der Waals surface area contributed by atoms with Gasteiger partial charge in [0.2, 0.25) is 10.0 Å². The fourth-order valence-electron chi connectivity index (χ4n) is 1.15. The van der Waals surface area contributed by atoms with E-state index >= 15 is 0 Å². The zero-order chi connectivity index (χ0) is 9.90. The topological polar surface area (TPSA) is 55.4 Å². The van der Waals surface area contributed by atoms with E-state index in [1.54, 1.807) is 0 Å². The van der Waals surface area contributed by atoms with E-state index < -0.39 is 10.0 Å². The van der Waals surface area contributed by atoms with Crippen molar-refractivity contribution >= 4 is 21.6 Å². The summed E-state index contributed by atoms with van der Waals surface area (Å²) >= 11 is 5.72. The Morgan fingerprint density at radius 1 is 1.54 bits per heavy atom. The summed E-state index contributed by atoms with van der Waals surface area (Å²) < 4.78 is 29.8. The standard InChI is InChI=1S/C7H14ClNO3S/c1-12-2-3-13(10,11)9-7-4-6(8)5-7/h6-7,9H,2-5H2,1H3. The number of hydrogen-bond acceptors (Lipinski definition) is 3. The first kappa shape index (κ1) is 11.2. The van der Waals surface area contributed by atoms with Gasteiger partial charge < -0.3 is 4.74 Å². The van der Waals surface area contributed by atoms with Crippen molar-refractivity contribution in [2.45, 2.75) is 24.3 Å². The maximum Gasteiger partial charge on any atom is 0.214 e. The van der Waals surface area contributed by atoms with Gasteiger partial charge >= 0.3 is 0 Å². The van der Waals surface area contributed by atoms with Gasteiger partial charge in [-0.15, -0.1) is 11.6 Å². The Hall–Kier alpha value is 0.160. The van der Waals surface area contributed by atoms with E-state index in [2.05, 4.69) is 9.46 Å². The van der Waals surface area contributed by atoms with E-state index in [9.17, 15) is 8.42 Å². The van der Waals surface area contributed by atoms with Gasteiger partial charge in [0.25, 0.3) is 0 Å². The predicted octanol–water partition coefficient (Wildman–Crippen LogP) is 0.322. The molecule has 1 N–H and O–H groups in total. The van der Waals surface area contributed by atoms with Gasteiger partial charge in [0, 0.05) is 18.5 Å². The second kappa shape index (κ2) is 4.59. The molecule has 0 bridgehead atoms. The number of methoxy groups -OCH3 is 1. The highest BCUT2D eigenvalue weighted by Crippen LogP contribution is 2.25. The summed E-state index contributed by atoms with van der Waals surface area (Å²) in [6.07, 6.45) is 1.46. The van der Waals surface area contributed by atoms with Gasteiger partial charge in [0.05, 0.1) is 12.4 Å². The smallest absolute Gasteiger partial charge is 0.214 e. The van der Waals surface area contributed by atoms with Crippen LogP contribution in [0, 0.1) is 0 Å². The molecule has 4 nitrogen and oxygen atoms in total. The van der Waals surface area contributed by atoms with E-state index in [0.29, 0.717) is 0 Å². The van der Waals surface area contributed by atoms with Crippen LogP contribution in [0.15, 0.2) is 0 Å². The Balaban J connectivity index is 2.26. The fourth-order valence-corrected chi connectivity index (χ4v) is 2.78. The molecule has 78 valence electrons. The van der Waals surface area contributed by atoms with Gasteiger partial charge in [-0.05, 0) is 12.8 Å². The lowest BCUT2D eigenvalue weighted by molar-refractivity contribution is 0.216. The fraction of sp³-hybridized carbons (Fsp3) is 1.00. The minimum Gasteiger partial charge on any atom is -0.384 e. The number of hydrogen-bond donors (Lipinski definition) is 1. The van der Waals surface area contributed by atoms with Crippen LogP contribution < -0.4 is 4.72 Å².